The van der Waals surface area contributed by atoms with E-state index in [9.17, 15) is 4.79 Å². The number of carbonyl (C=O) groups excluding carboxylic acids is 1. The molecule has 1 aromatic carbocycles. The number of nitrogens with zero attached hydrogens (tertiary/aromatic N) is 1. The molecule has 2 atom stereocenters. The van der Waals surface area contributed by atoms with Gasteiger partial charge in [-0.25, -0.2) is 0 Å². The molecule has 1 aromatic rings. The number of carbonyl (C=O) groups is 1. The Morgan fingerprint density at radius 1 is 1.37 bits per heavy atom. The Balaban J connectivity index is 2.40. The SMILES string of the molecule is CC(C)C(C)N(C)c1cc2c(cc1Cl)C(N)C(=O)N2. The van der Waals surface area contributed by atoms with Crippen molar-refractivity contribution in [2.75, 3.05) is 17.3 Å². The van der Waals surface area contributed by atoms with Gasteiger partial charge in [-0.1, -0.05) is 25.4 Å². The summed E-state index contributed by atoms with van der Waals surface area (Å²) in [4.78, 5) is 13.7. The second-order valence-electron chi connectivity index (χ2n) is 5.45. The van der Waals surface area contributed by atoms with Crippen molar-refractivity contribution in [2.24, 2.45) is 11.7 Å². The van der Waals surface area contributed by atoms with Crippen molar-refractivity contribution < 1.29 is 4.79 Å². The Kier molecular flexibility index (Phi) is 3.74. The Morgan fingerprint density at radius 2 is 2.00 bits per heavy atom. The number of rotatable bonds is 3. The van der Waals surface area contributed by atoms with Crippen LogP contribution in [0.1, 0.15) is 32.4 Å². The van der Waals surface area contributed by atoms with E-state index in [2.05, 4.69) is 31.0 Å². The van der Waals surface area contributed by atoms with Crippen LogP contribution in [0.15, 0.2) is 12.1 Å². The van der Waals surface area contributed by atoms with Gasteiger partial charge in [0.15, 0.2) is 0 Å². The molecule has 2 unspecified atom stereocenters. The first-order valence-electron chi connectivity index (χ1n) is 6.45. The topological polar surface area (TPSA) is 58.4 Å². The summed E-state index contributed by atoms with van der Waals surface area (Å²) in [5, 5.41) is 3.41. The molecule has 0 bridgehead atoms. The van der Waals surface area contributed by atoms with Gasteiger partial charge in [-0.2, -0.15) is 0 Å². The van der Waals surface area contributed by atoms with Gasteiger partial charge in [0.2, 0.25) is 5.91 Å². The second kappa shape index (κ2) is 5.02. The predicted octanol–water partition coefficient (Wildman–Crippen LogP) is 2.77. The maximum atomic E-state index is 11.6. The average molecular weight is 282 g/mol. The number of nitrogens with one attached hydrogen (secondary N) is 1. The zero-order valence-corrected chi connectivity index (χ0v) is 12.5. The minimum Gasteiger partial charge on any atom is -0.370 e. The summed E-state index contributed by atoms with van der Waals surface area (Å²) in [6.07, 6.45) is 0. The van der Waals surface area contributed by atoms with E-state index in [1.807, 2.05) is 13.1 Å². The molecular weight excluding hydrogens is 262 g/mol. The molecule has 0 aliphatic carbocycles. The number of fused-ring (bicyclic) bond motifs is 1. The Labute approximate surface area is 118 Å². The number of nitrogens with two attached hydrogens (primary N) is 1. The van der Waals surface area contributed by atoms with Crippen molar-refractivity contribution in [1.29, 1.82) is 0 Å². The summed E-state index contributed by atoms with van der Waals surface area (Å²) in [5.41, 5.74) is 8.25. The molecule has 1 amide bonds. The number of benzene rings is 1. The van der Waals surface area contributed by atoms with E-state index < -0.39 is 6.04 Å². The molecule has 104 valence electrons. The number of hydrogen-bond acceptors (Lipinski definition) is 3. The number of halogens is 1. The molecule has 0 aromatic heterocycles. The molecule has 0 spiro atoms. The van der Waals surface area contributed by atoms with Gasteiger partial charge in [0.1, 0.15) is 6.04 Å². The molecular formula is C14H20ClN3O. The van der Waals surface area contributed by atoms with Crippen molar-refractivity contribution in [3.05, 3.63) is 22.7 Å². The van der Waals surface area contributed by atoms with Crippen LogP contribution >= 0.6 is 11.6 Å². The lowest BCUT2D eigenvalue weighted by Crippen LogP contribution is -2.33. The molecule has 4 nitrogen and oxygen atoms in total. The monoisotopic (exact) mass is 281 g/mol. The highest BCUT2D eigenvalue weighted by molar-refractivity contribution is 6.33. The maximum absolute atomic E-state index is 11.6. The van der Waals surface area contributed by atoms with E-state index in [1.165, 1.54) is 0 Å². The van der Waals surface area contributed by atoms with Gasteiger partial charge < -0.3 is 16.0 Å². The molecule has 0 saturated heterocycles. The molecule has 5 heteroatoms. The number of anilines is 2. The first kappa shape index (κ1) is 14.2. The van der Waals surface area contributed by atoms with Crippen molar-refractivity contribution in [3.63, 3.8) is 0 Å². The van der Waals surface area contributed by atoms with E-state index in [4.69, 9.17) is 17.3 Å². The van der Waals surface area contributed by atoms with Crippen molar-refractivity contribution in [2.45, 2.75) is 32.9 Å². The molecule has 0 fully saturated rings. The smallest absolute Gasteiger partial charge is 0.245 e. The first-order chi connectivity index (χ1) is 8.82. The first-order valence-corrected chi connectivity index (χ1v) is 6.83. The highest BCUT2D eigenvalue weighted by Crippen LogP contribution is 2.38. The van der Waals surface area contributed by atoms with Gasteiger partial charge in [-0.15, -0.1) is 0 Å². The van der Waals surface area contributed by atoms with Crippen LogP contribution in [0.4, 0.5) is 11.4 Å². The van der Waals surface area contributed by atoms with Gasteiger partial charge >= 0.3 is 0 Å². The molecule has 0 radical (unpaired) electrons. The van der Waals surface area contributed by atoms with Crippen molar-refractivity contribution in [3.8, 4) is 0 Å². The molecule has 3 N–H and O–H groups in total. The summed E-state index contributed by atoms with van der Waals surface area (Å²) < 4.78 is 0. The summed E-state index contributed by atoms with van der Waals surface area (Å²) in [7, 11) is 2.01. The van der Waals surface area contributed by atoms with E-state index >= 15 is 0 Å². The van der Waals surface area contributed by atoms with Gasteiger partial charge in [-0.3, -0.25) is 4.79 Å². The minimum atomic E-state index is -0.616. The molecule has 1 aliphatic rings. The van der Waals surface area contributed by atoms with Crippen LogP contribution in [0, 0.1) is 5.92 Å². The van der Waals surface area contributed by atoms with Gasteiger partial charge in [0.25, 0.3) is 0 Å². The van der Waals surface area contributed by atoms with Crippen LogP contribution in [-0.2, 0) is 4.79 Å². The molecule has 19 heavy (non-hydrogen) atoms. The number of amides is 1. The normalized spacial score (nSPS) is 19.3. The van der Waals surface area contributed by atoms with Gasteiger partial charge in [0.05, 0.1) is 10.7 Å². The lowest BCUT2D eigenvalue weighted by molar-refractivity contribution is -0.116. The highest BCUT2D eigenvalue weighted by atomic mass is 35.5. The fraction of sp³-hybridized carbons (Fsp3) is 0.500. The summed E-state index contributed by atoms with van der Waals surface area (Å²) >= 11 is 6.33. The second-order valence-corrected chi connectivity index (χ2v) is 5.86. The standard InChI is InChI=1S/C14H20ClN3O/c1-7(2)8(3)18(4)12-6-11-9(5-10(12)15)13(16)14(19)17-11/h5-8,13H,16H2,1-4H3,(H,17,19). The van der Waals surface area contributed by atoms with Crippen LogP contribution in [0.5, 0.6) is 0 Å². The Morgan fingerprint density at radius 3 is 2.58 bits per heavy atom. The lowest BCUT2D eigenvalue weighted by atomic mass is 10.0. The fourth-order valence-corrected chi connectivity index (χ4v) is 2.54. The van der Waals surface area contributed by atoms with Crippen molar-refractivity contribution >= 4 is 28.9 Å². The third kappa shape index (κ3) is 2.42. The van der Waals surface area contributed by atoms with Gasteiger partial charge in [0, 0.05) is 24.3 Å². The average Bonchev–Trinajstić information content (AvgIpc) is 2.62. The quantitative estimate of drug-likeness (QED) is 0.896. The number of hydrogen-bond donors (Lipinski definition) is 2. The predicted molar refractivity (Wildman–Crippen MR) is 79.7 cm³/mol. The van der Waals surface area contributed by atoms with E-state index in [1.54, 1.807) is 6.07 Å². The molecule has 1 aliphatic heterocycles. The molecule has 0 saturated carbocycles. The zero-order valence-electron chi connectivity index (χ0n) is 11.7. The third-order valence-electron chi connectivity index (χ3n) is 3.95. The summed E-state index contributed by atoms with van der Waals surface area (Å²) in [6.45, 7) is 6.48. The van der Waals surface area contributed by atoms with Crippen LogP contribution in [0.3, 0.4) is 0 Å². The lowest BCUT2D eigenvalue weighted by Gasteiger charge is -2.31. The Bertz CT molecular complexity index is 516. The summed E-state index contributed by atoms with van der Waals surface area (Å²) in [5.74, 6) is 0.328. The van der Waals surface area contributed by atoms with Crippen LogP contribution in [0.25, 0.3) is 0 Å². The summed E-state index contributed by atoms with van der Waals surface area (Å²) in [6, 6.07) is 3.43. The highest BCUT2D eigenvalue weighted by Gasteiger charge is 2.29. The third-order valence-corrected chi connectivity index (χ3v) is 4.25. The zero-order chi connectivity index (χ0) is 14.3. The largest absolute Gasteiger partial charge is 0.370 e. The molecule has 2 rings (SSSR count). The fourth-order valence-electron chi connectivity index (χ4n) is 2.23. The molecule has 1 heterocycles. The maximum Gasteiger partial charge on any atom is 0.245 e. The van der Waals surface area contributed by atoms with Crippen LogP contribution in [0.2, 0.25) is 5.02 Å². The van der Waals surface area contributed by atoms with E-state index in [0.29, 0.717) is 17.0 Å². The van der Waals surface area contributed by atoms with Crippen LogP contribution < -0.4 is 16.0 Å². The van der Waals surface area contributed by atoms with Gasteiger partial charge in [-0.05, 0) is 25.0 Å². The van der Waals surface area contributed by atoms with Crippen molar-refractivity contribution in [1.82, 2.24) is 0 Å². The Hall–Kier alpha value is -1.26. The van der Waals surface area contributed by atoms with E-state index in [0.717, 1.165) is 16.9 Å². The van der Waals surface area contributed by atoms with Crippen LogP contribution in [-0.4, -0.2) is 19.0 Å². The minimum absolute atomic E-state index is 0.178. The van der Waals surface area contributed by atoms with E-state index in [-0.39, 0.29) is 5.91 Å².